The van der Waals surface area contributed by atoms with Crippen molar-refractivity contribution in [2.24, 2.45) is 5.73 Å². The van der Waals surface area contributed by atoms with Gasteiger partial charge in [0.05, 0.1) is 12.1 Å². The maximum absolute atomic E-state index is 14.3. The van der Waals surface area contributed by atoms with Crippen LogP contribution in [0.15, 0.2) is 36.4 Å². The molecule has 156 valence electrons. The second-order valence-corrected chi connectivity index (χ2v) is 7.25. The van der Waals surface area contributed by atoms with Crippen LogP contribution in [0.25, 0.3) is 22.2 Å². The van der Waals surface area contributed by atoms with Crippen molar-refractivity contribution in [1.29, 1.82) is 0 Å². The number of hydrogen-bond donors (Lipinski definition) is 3. The van der Waals surface area contributed by atoms with E-state index in [2.05, 4.69) is 10.3 Å². The summed E-state index contributed by atoms with van der Waals surface area (Å²) in [7, 11) is 0. The number of aromatic nitrogens is 1. The van der Waals surface area contributed by atoms with E-state index >= 15 is 0 Å². The lowest BCUT2D eigenvalue weighted by molar-refractivity contribution is -0.120. The normalized spacial score (nSPS) is 14.5. The van der Waals surface area contributed by atoms with Gasteiger partial charge in [0.2, 0.25) is 5.91 Å². The van der Waals surface area contributed by atoms with Crippen molar-refractivity contribution in [3.8, 4) is 11.3 Å². The van der Waals surface area contributed by atoms with E-state index in [1.54, 1.807) is 0 Å². The summed E-state index contributed by atoms with van der Waals surface area (Å²) in [6.07, 6.45) is 0.235. The van der Waals surface area contributed by atoms with Gasteiger partial charge in [-0.2, -0.15) is 0 Å². The standard InChI is InChI=1S/C21H18F3N3O3/c22-12-3-1-11(2-4-12)17-14(15-9-13(23)10-16(24)18(15)26-17)5-8-30-20(29)27-21(6-7-21)19(25)28/h1-4,9-10,26H,5-8H2,(H2,25,28)(H,27,29). The fourth-order valence-electron chi connectivity index (χ4n) is 3.43. The van der Waals surface area contributed by atoms with Crippen molar-refractivity contribution in [3.63, 3.8) is 0 Å². The van der Waals surface area contributed by atoms with E-state index in [4.69, 9.17) is 10.5 Å². The third-order valence-corrected chi connectivity index (χ3v) is 5.21. The Morgan fingerprint density at radius 3 is 2.43 bits per heavy atom. The number of carbonyl (C=O) groups is 2. The molecule has 3 aromatic rings. The van der Waals surface area contributed by atoms with Crippen LogP contribution in [-0.4, -0.2) is 29.1 Å². The Balaban J connectivity index is 1.59. The van der Waals surface area contributed by atoms with E-state index in [1.807, 2.05) is 0 Å². The Morgan fingerprint density at radius 2 is 1.80 bits per heavy atom. The molecule has 0 saturated heterocycles. The number of amides is 2. The lowest BCUT2D eigenvalue weighted by atomic mass is 10.0. The molecule has 1 aromatic heterocycles. The van der Waals surface area contributed by atoms with Gasteiger partial charge < -0.3 is 20.8 Å². The first-order valence-corrected chi connectivity index (χ1v) is 9.29. The summed E-state index contributed by atoms with van der Waals surface area (Å²) < 4.78 is 46.5. The summed E-state index contributed by atoms with van der Waals surface area (Å²) >= 11 is 0. The largest absolute Gasteiger partial charge is 0.449 e. The van der Waals surface area contributed by atoms with Gasteiger partial charge in [0.15, 0.2) is 0 Å². The number of alkyl carbamates (subject to hydrolysis) is 1. The van der Waals surface area contributed by atoms with Crippen LogP contribution in [0.5, 0.6) is 0 Å². The van der Waals surface area contributed by atoms with Crippen molar-refractivity contribution >= 4 is 22.9 Å². The van der Waals surface area contributed by atoms with Gasteiger partial charge in [-0.15, -0.1) is 0 Å². The maximum Gasteiger partial charge on any atom is 0.408 e. The Morgan fingerprint density at radius 1 is 1.10 bits per heavy atom. The molecule has 2 aromatic carbocycles. The molecule has 0 atom stereocenters. The molecule has 30 heavy (non-hydrogen) atoms. The molecule has 2 amide bonds. The summed E-state index contributed by atoms with van der Waals surface area (Å²) in [4.78, 5) is 26.3. The molecule has 9 heteroatoms. The molecule has 0 bridgehead atoms. The summed E-state index contributed by atoms with van der Waals surface area (Å²) in [6.45, 7) is -0.111. The smallest absolute Gasteiger partial charge is 0.408 e. The highest BCUT2D eigenvalue weighted by molar-refractivity contribution is 5.92. The zero-order valence-electron chi connectivity index (χ0n) is 15.7. The average molecular weight is 417 g/mol. The fraction of sp³-hybridized carbons (Fsp3) is 0.238. The van der Waals surface area contributed by atoms with Gasteiger partial charge in [0.25, 0.3) is 0 Å². The van der Waals surface area contributed by atoms with Gasteiger partial charge >= 0.3 is 6.09 Å². The van der Waals surface area contributed by atoms with Gasteiger partial charge in [-0.3, -0.25) is 4.79 Å². The van der Waals surface area contributed by atoms with Crippen molar-refractivity contribution in [3.05, 3.63) is 59.4 Å². The molecule has 4 N–H and O–H groups in total. The molecule has 0 unspecified atom stereocenters. The third-order valence-electron chi connectivity index (χ3n) is 5.21. The zero-order valence-corrected chi connectivity index (χ0v) is 15.7. The lowest BCUT2D eigenvalue weighted by Crippen LogP contribution is -2.47. The van der Waals surface area contributed by atoms with Crippen LogP contribution in [0.4, 0.5) is 18.0 Å². The molecule has 1 heterocycles. The number of aromatic amines is 1. The number of halogens is 3. The van der Waals surface area contributed by atoms with E-state index in [-0.39, 0.29) is 18.5 Å². The van der Waals surface area contributed by atoms with Gasteiger partial charge in [-0.1, -0.05) is 0 Å². The van der Waals surface area contributed by atoms with E-state index in [0.29, 0.717) is 35.0 Å². The predicted molar refractivity (Wildman–Crippen MR) is 103 cm³/mol. The average Bonchev–Trinajstić information content (AvgIpc) is 3.38. The van der Waals surface area contributed by atoms with Crippen molar-refractivity contribution in [2.75, 3.05) is 6.61 Å². The molecule has 0 aliphatic heterocycles. The summed E-state index contributed by atoms with van der Waals surface area (Å²) in [6, 6.07) is 7.47. The Labute approximate surface area is 169 Å². The summed E-state index contributed by atoms with van der Waals surface area (Å²) in [5.74, 6) is -2.57. The van der Waals surface area contributed by atoms with Crippen LogP contribution in [0.2, 0.25) is 0 Å². The quantitative estimate of drug-likeness (QED) is 0.572. The van der Waals surface area contributed by atoms with E-state index in [0.717, 1.165) is 6.07 Å². The first-order chi connectivity index (χ1) is 14.3. The number of ether oxygens (including phenoxy) is 1. The number of carbonyl (C=O) groups excluding carboxylic acids is 2. The van der Waals surface area contributed by atoms with Crippen molar-refractivity contribution in [2.45, 2.75) is 24.8 Å². The van der Waals surface area contributed by atoms with Crippen LogP contribution in [0, 0.1) is 17.5 Å². The van der Waals surface area contributed by atoms with E-state index < -0.39 is 35.0 Å². The lowest BCUT2D eigenvalue weighted by Gasteiger charge is -2.13. The second-order valence-electron chi connectivity index (χ2n) is 7.25. The van der Waals surface area contributed by atoms with Gasteiger partial charge in [-0.25, -0.2) is 18.0 Å². The van der Waals surface area contributed by atoms with Crippen molar-refractivity contribution in [1.82, 2.24) is 10.3 Å². The third kappa shape index (κ3) is 3.70. The number of primary amides is 1. The Hall–Kier alpha value is -3.49. The van der Waals surface area contributed by atoms with Crippen LogP contribution < -0.4 is 11.1 Å². The maximum atomic E-state index is 14.3. The van der Waals surface area contributed by atoms with Gasteiger partial charge in [-0.05, 0) is 54.3 Å². The summed E-state index contributed by atoms with van der Waals surface area (Å²) in [5.41, 5.74) is 5.85. The number of nitrogens with two attached hydrogens (primary N) is 1. The number of nitrogens with one attached hydrogen (secondary N) is 2. The Kier molecular flexibility index (Phi) is 4.89. The van der Waals surface area contributed by atoms with Crippen LogP contribution >= 0.6 is 0 Å². The highest BCUT2D eigenvalue weighted by atomic mass is 19.1. The minimum atomic E-state index is -1.05. The van der Waals surface area contributed by atoms with Crippen molar-refractivity contribution < 1.29 is 27.5 Å². The number of rotatable bonds is 6. The monoisotopic (exact) mass is 417 g/mol. The molecule has 4 rings (SSSR count). The molecule has 1 saturated carbocycles. The highest BCUT2D eigenvalue weighted by Crippen LogP contribution is 2.35. The Bertz CT molecular complexity index is 1140. The van der Waals surface area contributed by atoms with Gasteiger partial charge in [0.1, 0.15) is 23.0 Å². The molecular weight excluding hydrogens is 399 g/mol. The van der Waals surface area contributed by atoms with Crippen LogP contribution in [0.1, 0.15) is 18.4 Å². The zero-order chi connectivity index (χ0) is 21.5. The second kappa shape index (κ2) is 7.40. The van der Waals surface area contributed by atoms with E-state index in [1.165, 1.54) is 30.3 Å². The molecule has 6 nitrogen and oxygen atoms in total. The molecular formula is C21H18F3N3O3. The number of hydrogen-bond acceptors (Lipinski definition) is 3. The molecule has 1 aliphatic carbocycles. The molecule has 0 radical (unpaired) electrons. The first-order valence-electron chi connectivity index (χ1n) is 9.29. The first kappa shape index (κ1) is 19.8. The highest BCUT2D eigenvalue weighted by Gasteiger charge is 2.50. The molecule has 1 aliphatic rings. The molecule has 0 spiro atoms. The number of fused-ring (bicyclic) bond motifs is 1. The number of H-pyrrole nitrogens is 1. The minimum absolute atomic E-state index is 0.0980. The van der Waals surface area contributed by atoms with Crippen LogP contribution in [0.3, 0.4) is 0 Å². The SMILES string of the molecule is NC(=O)C1(NC(=O)OCCc2c(-c3ccc(F)cc3)[nH]c3c(F)cc(F)cc23)CC1. The van der Waals surface area contributed by atoms with E-state index in [9.17, 15) is 22.8 Å². The molecule has 1 fully saturated rings. The number of benzene rings is 2. The minimum Gasteiger partial charge on any atom is -0.449 e. The predicted octanol–water partition coefficient (Wildman–Crippen LogP) is 3.54. The van der Waals surface area contributed by atoms with Gasteiger partial charge in [0, 0.05) is 23.6 Å². The van der Waals surface area contributed by atoms with Crippen LogP contribution in [-0.2, 0) is 16.0 Å². The summed E-state index contributed by atoms with van der Waals surface area (Å²) in [5, 5.41) is 2.75. The topological polar surface area (TPSA) is 97.2 Å². The fourth-order valence-corrected chi connectivity index (χ4v) is 3.43.